The third-order valence-electron chi connectivity index (χ3n) is 3.04. The minimum Gasteiger partial charge on any atom is -0.508 e. The van der Waals surface area contributed by atoms with Gasteiger partial charge in [-0.05, 0) is 30.2 Å². The molecular weight excluding hydrogens is 240 g/mol. The maximum Gasteiger partial charge on any atom is 0.121 e. The fraction of sp³-hybridized carbons (Fsp3) is 0.250. The molecule has 0 saturated heterocycles. The van der Waals surface area contributed by atoms with Crippen molar-refractivity contribution in [3.8, 4) is 11.5 Å². The number of phenols is 1. The molecule has 0 bridgehead atoms. The summed E-state index contributed by atoms with van der Waals surface area (Å²) >= 11 is 0. The molecule has 0 aliphatic carbocycles. The molecule has 2 N–H and O–H groups in total. The summed E-state index contributed by atoms with van der Waals surface area (Å²) in [5.41, 5.74) is 1.72. The molecule has 0 amide bonds. The van der Waals surface area contributed by atoms with E-state index in [4.69, 9.17) is 4.74 Å². The predicted octanol–water partition coefficient (Wildman–Crippen LogP) is 3.07. The number of benzene rings is 2. The van der Waals surface area contributed by atoms with Gasteiger partial charge in [0.05, 0.1) is 0 Å². The van der Waals surface area contributed by atoms with Gasteiger partial charge in [-0.1, -0.05) is 37.3 Å². The molecule has 100 valence electrons. The largest absolute Gasteiger partial charge is 0.508 e. The number of aliphatic hydroxyl groups is 1. The van der Waals surface area contributed by atoms with Gasteiger partial charge in [-0.25, -0.2) is 0 Å². The van der Waals surface area contributed by atoms with Gasteiger partial charge in [-0.15, -0.1) is 0 Å². The van der Waals surface area contributed by atoms with E-state index in [0.717, 1.165) is 6.42 Å². The van der Waals surface area contributed by atoms with E-state index in [1.807, 2.05) is 24.3 Å². The molecule has 0 aromatic heterocycles. The molecule has 2 rings (SSSR count). The van der Waals surface area contributed by atoms with Crippen LogP contribution in [0.4, 0.5) is 0 Å². The second-order valence-electron chi connectivity index (χ2n) is 4.38. The molecular formula is C16H18O3. The topological polar surface area (TPSA) is 49.7 Å². The zero-order valence-electron chi connectivity index (χ0n) is 10.9. The highest BCUT2D eigenvalue weighted by Gasteiger charge is 2.12. The van der Waals surface area contributed by atoms with E-state index in [-0.39, 0.29) is 12.4 Å². The van der Waals surface area contributed by atoms with Crippen molar-refractivity contribution in [2.75, 3.05) is 6.61 Å². The van der Waals surface area contributed by atoms with Crippen LogP contribution < -0.4 is 4.74 Å². The predicted molar refractivity (Wildman–Crippen MR) is 74.4 cm³/mol. The van der Waals surface area contributed by atoms with Crippen LogP contribution >= 0.6 is 0 Å². The summed E-state index contributed by atoms with van der Waals surface area (Å²) in [7, 11) is 0. The second-order valence-corrected chi connectivity index (χ2v) is 4.38. The molecule has 3 nitrogen and oxygen atoms in total. The Balaban J connectivity index is 1.96. The first-order chi connectivity index (χ1) is 9.20. The summed E-state index contributed by atoms with van der Waals surface area (Å²) in [6.45, 7) is 2.21. The van der Waals surface area contributed by atoms with Crippen LogP contribution in [0.5, 0.6) is 11.5 Å². The van der Waals surface area contributed by atoms with Crippen LogP contribution in [-0.4, -0.2) is 16.8 Å². The summed E-state index contributed by atoms with van der Waals surface area (Å²) in [6, 6.07) is 14.5. The zero-order chi connectivity index (χ0) is 13.7. The number of hydrogen-bond acceptors (Lipinski definition) is 3. The highest BCUT2D eigenvalue weighted by molar-refractivity contribution is 5.34. The third kappa shape index (κ3) is 3.48. The van der Waals surface area contributed by atoms with E-state index in [1.54, 1.807) is 24.3 Å². The maximum atomic E-state index is 9.98. The van der Waals surface area contributed by atoms with Crippen molar-refractivity contribution in [3.63, 3.8) is 0 Å². The molecule has 0 saturated carbocycles. The fourth-order valence-corrected chi connectivity index (χ4v) is 1.86. The molecule has 0 fully saturated rings. The van der Waals surface area contributed by atoms with Gasteiger partial charge in [-0.2, -0.15) is 0 Å². The molecule has 0 aliphatic rings. The van der Waals surface area contributed by atoms with Crippen molar-refractivity contribution in [2.24, 2.45) is 0 Å². The lowest BCUT2D eigenvalue weighted by atomic mass is 10.1. The Morgan fingerprint density at radius 1 is 1.05 bits per heavy atom. The molecule has 0 spiro atoms. The standard InChI is InChI=1S/C16H18O3/c1-2-12-7-9-13(10-8-12)19-11-16(18)14-5-3-4-6-15(14)17/h3-10,16-18H,2,11H2,1H3. The average molecular weight is 258 g/mol. The van der Waals surface area contributed by atoms with Crippen molar-refractivity contribution < 1.29 is 14.9 Å². The van der Waals surface area contributed by atoms with Gasteiger partial charge in [0.1, 0.15) is 24.2 Å². The monoisotopic (exact) mass is 258 g/mol. The first kappa shape index (κ1) is 13.4. The van der Waals surface area contributed by atoms with Crippen LogP contribution in [-0.2, 0) is 6.42 Å². The second kappa shape index (κ2) is 6.25. The summed E-state index contributed by atoms with van der Waals surface area (Å²) in [6.07, 6.45) is 0.146. The molecule has 2 aromatic carbocycles. The summed E-state index contributed by atoms with van der Waals surface area (Å²) in [5.74, 6) is 0.798. The number of rotatable bonds is 5. The number of ether oxygens (including phenoxy) is 1. The van der Waals surface area contributed by atoms with E-state index in [1.165, 1.54) is 5.56 Å². The lowest BCUT2D eigenvalue weighted by Crippen LogP contribution is -2.09. The Hall–Kier alpha value is -2.00. The Bertz CT molecular complexity index is 520. The molecule has 0 heterocycles. The van der Waals surface area contributed by atoms with Crippen molar-refractivity contribution >= 4 is 0 Å². The number of phenolic OH excluding ortho intramolecular Hbond substituents is 1. The van der Waals surface area contributed by atoms with Crippen LogP contribution in [0.1, 0.15) is 24.2 Å². The molecule has 1 atom stereocenters. The smallest absolute Gasteiger partial charge is 0.121 e. The quantitative estimate of drug-likeness (QED) is 0.866. The zero-order valence-corrected chi connectivity index (χ0v) is 10.9. The molecule has 2 aromatic rings. The van der Waals surface area contributed by atoms with Gasteiger partial charge in [0.2, 0.25) is 0 Å². The van der Waals surface area contributed by atoms with Crippen LogP contribution in [0.3, 0.4) is 0 Å². The van der Waals surface area contributed by atoms with Gasteiger partial charge in [-0.3, -0.25) is 0 Å². The Kier molecular flexibility index (Phi) is 4.42. The first-order valence-corrected chi connectivity index (χ1v) is 6.38. The normalized spacial score (nSPS) is 12.1. The van der Waals surface area contributed by atoms with E-state index < -0.39 is 6.10 Å². The van der Waals surface area contributed by atoms with E-state index >= 15 is 0 Å². The van der Waals surface area contributed by atoms with Crippen LogP contribution in [0.25, 0.3) is 0 Å². The SMILES string of the molecule is CCc1ccc(OCC(O)c2ccccc2O)cc1. The lowest BCUT2D eigenvalue weighted by Gasteiger charge is -2.14. The van der Waals surface area contributed by atoms with Crippen molar-refractivity contribution in [3.05, 3.63) is 59.7 Å². The Morgan fingerprint density at radius 3 is 2.37 bits per heavy atom. The van der Waals surface area contributed by atoms with Crippen LogP contribution in [0, 0.1) is 0 Å². The van der Waals surface area contributed by atoms with Gasteiger partial charge in [0.15, 0.2) is 0 Å². The molecule has 3 heteroatoms. The number of aliphatic hydroxyl groups excluding tert-OH is 1. The first-order valence-electron chi connectivity index (χ1n) is 6.38. The van der Waals surface area contributed by atoms with Crippen LogP contribution in [0.15, 0.2) is 48.5 Å². The van der Waals surface area contributed by atoms with Crippen molar-refractivity contribution in [1.29, 1.82) is 0 Å². The summed E-state index contributed by atoms with van der Waals surface area (Å²) < 4.78 is 5.52. The number of para-hydroxylation sites is 1. The van der Waals surface area contributed by atoms with E-state index in [0.29, 0.717) is 11.3 Å². The minimum atomic E-state index is -0.841. The highest BCUT2D eigenvalue weighted by atomic mass is 16.5. The van der Waals surface area contributed by atoms with Gasteiger partial charge in [0, 0.05) is 5.56 Å². The van der Waals surface area contributed by atoms with Gasteiger partial charge in [0.25, 0.3) is 0 Å². The Labute approximate surface area is 113 Å². The Morgan fingerprint density at radius 2 is 1.74 bits per heavy atom. The van der Waals surface area contributed by atoms with Gasteiger partial charge < -0.3 is 14.9 Å². The number of aryl methyl sites for hydroxylation is 1. The van der Waals surface area contributed by atoms with Crippen molar-refractivity contribution in [2.45, 2.75) is 19.4 Å². The average Bonchev–Trinajstić information content (AvgIpc) is 2.46. The van der Waals surface area contributed by atoms with Crippen LogP contribution in [0.2, 0.25) is 0 Å². The summed E-state index contributed by atoms with van der Waals surface area (Å²) in [4.78, 5) is 0. The minimum absolute atomic E-state index is 0.0833. The van der Waals surface area contributed by atoms with E-state index in [2.05, 4.69) is 6.92 Å². The van der Waals surface area contributed by atoms with Gasteiger partial charge >= 0.3 is 0 Å². The molecule has 19 heavy (non-hydrogen) atoms. The molecule has 0 radical (unpaired) electrons. The molecule has 1 unspecified atom stereocenters. The molecule has 0 aliphatic heterocycles. The van der Waals surface area contributed by atoms with E-state index in [9.17, 15) is 10.2 Å². The number of hydrogen-bond donors (Lipinski definition) is 2. The fourth-order valence-electron chi connectivity index (χ4n) is 1.86. The number of aromatic hydroxyl groups is 1. The van der Waals surface area contributed by atoms with Crippen molar-refractivity contribution in [1.82, 2.24) is 0 Å². The third-order valence-corrected chi connectivity index (χ3v) is 3.04. The lowest BCUT2D eigenvalue weighted by molar-refractivity contribution is 0.106. The summed E-state index contributed by atoms with van der Waals surface area (Å²) in [5, 5.41) is 19.6. The maximum absolute atomic E-state index is 9.98. The highest BCUT2D eigenvalue weighted by Crippen LogP contribution is 2.24.